The number of aromatic nitrogens is 1. The fourth-order valence-corrected chi connectivity index (χ4v) is 3.54. The number of amides is 1. The highest BCUT2D eigenvalue weighted by Crippen LogP contribution is 2.33. The largest absolute Gasteiger partial charge is 0.347 e. The number of hydrogen-bond donors (Lipinski definition) is 2. The van der Waals surface area contributed by atoms with Gasteiger partial charge in [-0.1, -0.05) is 18.9 Å². The van der Waals surface area contributed by atoms with Crippen molar-refractivity contribution in [2.24, 2.45) is 5.92 Å². The summed E-state index contributed by atoms with van der Waals surface area (Å²) in [6, 6.07) is 6.30. The third kappa shape index (κ3) is 2.85. The third-order valence-electron chi connectivity index (χ3n) is 4.67. The Labute approximate surface area is 120 Å². The average molecular weight is 273 g/mol. The van der Waals surface area contributed by atoms with E-state index in [1.807, 2.05) is 25.1 Å². The van der Waals surface area contributed by atoms with Gasteiger partial charge in [0.2, 0.25) is 5.91 Å². The highest BCUT2D eigenvalue weighted by atomic mass is 16.2. The predicted octanol–water partition coefficient (Wildman–Crippen LogP) is 2.18. The molecule has 1 saturated carbocycles. The molecular formula is C16H23N3O. The molecule has 1 aromatic heterocycles. The lowest BCUT2D eigenvalue weighted by Gasteiger charge is -2.24. The predicted molar refractivity (Wildman–Crippen MR) is 78.1 cm³/mol. The van der Waals surface area contributed by atoms with Crippen LogP contribution in [-0.2, 0) is 4.79 Å². The first-order chi connectivity index (χ1) is 9.74. The van der Waals surface area contributed by atoms with Crippen molar-refractivity contribution in [3.05, 3.63) is 30.1 Å². The molecule has 108 valence electrons. The standard InChI is InChI=1S/C16H23N3O/c1-11(13-7-4-5-9-17-13)18-16(20)15-10-12-6-2-3-8-14(12)19-15/h4-5,7,9,11-12,14-15,19H,2-3,6,8,10H2,1H3,(H,18,20). The van der Waals surface area contributed by atoms with Crippen LogP contribution in [0.2, 0.25) is 0 Å². The van der Waals surface area contributed by atoms with Gasteiger partial charge in [-0.25, -0.2) is 0 Å². The van der Waals surface area contributed by atoms with E-state index in [4.69, 9.17) is 0 Å². The summed E-state index contributed by atoms with van der Waals surface area (Å²) in [7, 11) is 0. The van der Waals surface area contributed by atoms with E-state index in [1.165, 1.54) is 25.7 Å². The van der Waals surface area contributed by atoms with E-state index in [9.17, 15) is 4.79 Å². The number of pyridine rings is 1. The highest BCUT2D eigenvalue weighted by molar-refractivity contribution is 5.82. The minimum Gasteiger partial charge on any atom is -0.347 e. The van der Waals surface area contributed by atoms with Gasteiger partial charge >= 0.3 is 0 Å². The van der Waals surface area contributed by atoms with Crippen LogP contribution in [0, 0.1) is 5.92 Å². The molecule has 0 spiro atoms. The maximum absolute atomic E-state index is 12.4. The summed E-state index contributed by atoms with van der Waals surface area (Å²) >= 11 is 0. The lowest BCUT2D eigenvalue weighted by Crippen LogP contribution is -2.44. The van der Waals surface area contributed by atoms with Gasteiger partial charge in [0.05, 0.1) is 17.8 Å². The number of nitrogens with zero attached hydrogens (tertiary/aromatic N) is 1. The van der Waals surface area contributed by atoms with Gasteiger partial charge in [0, 0.05) is 12.2 Å². The van der Waals surface area contributed by atoms with Crippen LogP contribution in [0.4, 0.5) is 0 Å². The zero-order valence-corrected chi connectivity index (χ0v) is 12.0. The fraction of sp³-hybridized carbons (Fsp3) is 0.625. The van der Waals surface area contributed by atoms with Crippen LogP contribution < -0.4 is 10.6 Å². The first-order valence-corrected chi connectivity index (χ1v) is 7.71. The van der Waals surface area contributed by atoms with Crippen LogP contribution >= 0.6 is 0 Å². The molecule has 2 N–H and O–H groups in total. The quantitative estimate of drug-likeness (QED) is 0.887. The highest BCUT2D eigenvalue weighted by Gasteiger charge is 2.38. The van der Waals surface area contributed by atoms with E-state index in [0.29, 0.717) is 12.0 Å². The van der Waals surface area contributed by atoms with E-state index in [0.717, 1.165) is 12.1 Å². The van der Waals surface area contributed by atoms with Gasteiger partial charge in [-0.15, -0.1) is 0 Å². The molecule has 4 atom stereocenters. The van der Waals surface area contributed by atoms with Crippen molar-refractivity contribution in [2.75, 3.05) is 0 Å². The number of nitrogens with one attached hydrogen (secondary N) is 2. The van der Waals surface area contributed by atoms with Crippen LogP contribution in [0.3, 0.4) is 0 Å². The first kappa shape index (κ1) is 13.6. The molecule has 1 saturated heterocycles. The van der Waals surface area contributed by atoms with Crippen molar-refractivity contribution in [3.63, 3.8) is 0 Å². The number of carbonyl (C=O) groups is 1. The molecular weight excluding hydrogens is 250 g/mol. The molecule has 20 heavy (non-hydrogen) atoms. The second-order valence-electron chi connectivity index (χ2n) is 6.09. The van der Waals surface area contributed by atoms with Crippen LogP contribution in [0.1, 0.15) is 50.8 Å². The van der Waals surface area contributed by atoms with Crippen molar-refractivity contribution in [1.82, 2.24) is 15.6 Å². The van der Waals surface area contributed by atoms with Crippen LogP contribution in [0.25, 0.3) is 0 Å². The van der Waals surface area contributed by atoms with E-state index in [1.54, 1.807) is 6.20 Å². The number of hydrogen-bond acceptors (Lipinski definition) is 3. The van der Waals surface area contributed by atoms with Gasteiger partial charge in [-0.05, 0) is 44.2 Å². The second-order valence-corrected chi connectivity index (χ2v) is 6.09. The molecule has 1 aliphatic heterocycles. The van der Waals surface area contributed by atoms with Gasteiger partial charge < -0.3 is 10.6 Å². The summed E-state index contributed by atoms with van der Waals surface area (Å²) in [5.74, 6) is 0.821. The molecule has 1 amide bonds. The molecule has 1 aromatic rings. The van der Waals surface area contributed by atoms with Crippen molar-refractivity contribution in [1.29, 1.82) is 0 Å². The van der Waals surface area contributed by atoms with Crippen LogP contribution in [0.15, 0.2) is 24.4 Å². The van der Waals surface area contributed by atoms with Gasteiger partial charge in [-0.2, -0.15) is 0 Å². The average Bonchev–Trinajstić information content (AvgIpc) is 2.92. The zero-order valence-electron chi connectivity index (χ0n) is 12.0. The van der Waals surface area contributed by atoms with Gasteiger partial charge in [0.15, 0.2) is 0 Å². The van der Waals surface area contributed by atoms with E-state index in [-0.39, 0.29) is 18.0 Å². The third-order valence-corrected chi connectivity index (χ3v) is 4.67. The summed E-state index contributed by atoms with van der Waals surface area (Å²) in [5, 5.41) is 6.60. The molecule has 3 rings (SSSR count). The van der Waals surface area contributed by atoms with E-state index in [2.05, 4.69) is 15.6 Å². The van der Waals surface area contributed by atoms with E-state index < -0.39 is 0 Å². The molecule has 2 aliphatic rings. The molecule has 0 aromatic carbocycles. The molecule has 4 unspecified atom stereocenters. The van der Waals surface area contributed by atoms with Crippen LogP contribution in [-0.4, -0.2) is 23.0 Å². The summed E-state index contributed by atoms with van der Waals surface area (Å²) < 4.78 is 0. The minimum atomic E-state index is -0.0341. The Balaban J connectivity index is 1.57. The molecule has 4 heteroatoms. The summed E-state index contributed by atoms with van der Waals surface area (Å²) in [6.07, 6.45) is 7.88. The Morgan fingerprint density at radius 3 is 3.00 bits per heavy atom. The molecule has 4 nitrogen and oxygen atoms in total. The molecule has 0 radical (unpaired) electrons. The Hall–Kier alpha value is -1.42. The first-order valence-electron chi connectivity index (χ1n) is 7.71. The van der Waals surface area contributed by atoms with Gasteiger partial charge in [-0.3, -0.25) is 9.78 Å². The van der Waals surface area contributed by atoms with Gasteiger partial charge in [0.25, 0.3) is 0 Å². The van der Waals surface area contributed by atoms with Crippen molar-refractivity contribution in [2.45, 2.75) is 57.2 Å². The Bertz CT molecular complexity index is 448. The summed E-state index contributed by atoms with van der Waals surface area (Å²) in [6.45, 7) is 1.99. The number of rotatable bonds is 3. The topological polar surface area (TPSA) is 54.0 Å². The summed E-state index contributed by atoms with van der Waals surface area (Å²) in [4.78, 5) is 16.7. The Morgan fingerprint density at radius 1 is 1.40 bits per heavy atom. The van der Waals surface area contributed by atoms with Crippen LogP contribution in [0.5, 0.6) is 0 Å². The zero-order chi connectivity index (χ0) is 13.9. The van der Waals surface area contributed by atoms with E-state index >= 15 is 0 Å². The molecule has 1 aliphatic carbocycles. The lowest BCUT2D eigenvalue weighted by molar-refractivity contribution is -0.123. The molecule has 2 heterocycles. The van der Waals surface area contributed by atoms with Crippen molar-refractivity contribution < 1.29 is 4.79 Å². The smallest absolute Gasteiger partial charge is 0.237 e. The monoisotopic (exact) mass is 273 g/mol. The second kappa shape index (κ2) is 5.92. The van der Waals surface area contributed by atoms with Gasteiger partial charge in [0.1, 0.15) is 0 Å². The maximum atomic E-state index is 12.4. The number of carbonyl (C=O) groups excluding carboxylic acids is 1. The maximum Gasteiger partial charge on any atom is 0.237 e. The number of fused-ring (bicyclic) bond motifs is 1. The minimum absolute atomic E-state index is 0.0192. The Kier molecular flexibility index (Phi) is 4.01. The Morgan fingerprint density at radius 2 is 2.25 bits per heavy atom. The SMILES string of the molecule is CC(NC(=O)C1CC2CCCCC2N1)c1ccccn1. The fourth-order valence-electron chi connectivity index (χ4n) is 3.54. The molecule has 2 fully saturated rings. The summed E-state index contributed by atoms with van der Waals surface area (Å²) in [5.41, 5.74) is 0.913. The van der Waals surface area contributed by atoms with Crippen molar-refractivity contribution in [3.8, 4) is 0 Å². The lowest BCUT2D eigenvalue weighted by atomic mass is 9.85. The molecule has 0 bridgehead atoms. The van der Waals surface area contributed by atoms with Crippen molar-refractivity contribution >= 4 is 5.91 Å². The normalized spacial score (nSPS) is 30.6.